The number of allylic oxidation sites excluding steroid dienone is 4. The Balaban J connectivity index is 0.00000400. The van der Waals surface area contributed by atoms with Gasteiger partial charge in [-0.15, -0.1) is 45.6 Å². The summed E-state index contributed by atoms with van der Waals surface area (Å²) in [7, 11) is 2.84. The van der Waals surface area contributed by atoms with Crippen LogP contribution in [0.15, 0.2) is 43.7 Å². The quantitative estimate of drug-likeness (QED) is 0.155. The molecule has 0 aromatic carbocycles. The summed E-state index contributed by atoms with van der Waals surface area (Å²) >= 11 is 6.30. The Morgan fingerprint density at radius 3 is 1.77 bits per heavy atom. The van der Waals surface area contributed by atoms with E-state index in [1.807, 2.05) is 6.92 Å². The SMILES string of the molecule is Br.Br.CCc1c(C)[nH]c(/C=C2\N=C(CC3=N/C(=C/c4[nH]c(C)c(CCC(=O)OC)c4C)C(C)=C3CCCl)C(C)=C2CCC(=O)OC)c1C. The highest BCUT2D eigenvalue weighted by molar-refractivity contribution is 8.93. The Morgan fingerprint density at radius 1 is 0.708 bits per heavy atom. The number of hydrogen-bond donors (Lipinski definition) is 2. The molecule has 8 nitrogen and oxygen atoms in total. The highest BCUT2D eigenvalue weighted by Gasteiger charge is 2.27. The van der Waals surface area contributed by atoms with Gasteiger partial charge in [-0.25, -0.2) is 0 Å². The summed E-state index contributed by atoms with van der Waals surface area (Å²) in [5, 5.41) is 0. The van der Waals surface area contributed by atoms with Crippen molar-refractivity contribution in [2.45, 2.75) is 93.4 Å². The van der Waals surface area contributed by atoms with Gasteiger partial charge in [-0.3, -0.25) is 19.6 Å². The number of rotatable bonds is 13. The van der Waals surface area contributed by atoms with Crippen LogP contribution in [0.4, 0.5) is 0 Å². The van der Waals surface area contributed by atoms with Crippen molar-refractivity contribution in [3.05, 3.63) is 78.7 Å². The largest absolute Gasteiger partial charge is 0.469 e. The number of nitrogens with zero attached hydrogens (tertiary/aromatic N) is 2. The van der Waals surface area contributed by atoms with E-state index in [2.05, 4.69) is 63.7 Å². The minimum atomic E-state index is -0.241. The minimum absolute atomic E-state index is 0. The summed E-state index contributed by atoms with van der Waals surface area (Å²) in [5.41, 5.74) is 17.0. The standard InChI is InChI=1S/C37H47ClN4O4.2BrH/c1-10-26-20(2)31(39-24(26)6)18-34-28(12-14-37(44)46-9)22(4)33(42-34)19-35-29(15-16-38)23(5)32(41-35)17-30-21(3)27(25(7)40-30)11-13-36(43)45-8;;/h17-18,39-40H,10-16,19H2,1-9H3;2*1H/b32-17+,34-18-;;. The number of nitrogens with one attached hydrogen (secondary N) is 2. The van der Waals surface area contributed by atoms with E-state index in [0.717, 1.165) is 79.7 Å². The van der Waals surface area contributed by atoms with Gasteiger partial charge in [-0.2, -0.15) is 0 Å². The highest BCUT2D eigenvalue weighted by Crippen LogP contribution is 2.36. The molecule has 0 saturated heterocycles. The molecular formula is C37H49Br2ClN4O4. The molecule has 2 aliphatic rings. The zero-order valence-electron chi connectivity index (χ0n) is 29.5. The lowest BCUT2D eigenvalue weighted by Gasteiger charge is -2.08. The molecule has 2 aromatic rings. The van der Waals surface area contributed by atoms with Gasteiger partial charge in [0.25, 0.3) is 0 Å². The van der Waals surface area contributed by atoms with Crippen molar-refractivity contribution in [2.75, 3.05) is 20.1 Å². The third kappa shape index (κ3) is 8.98. The number of aliphatic imine (C=N–C) groups is 2. The average Bonchev–Trinajstić information content (AvgIpc) is 3.67. The van der Waals surface area contributed by atoms with E-state index in [1.165, 1.54) is 31.0 Å². The van der Waals surface area contributed by atoms with E-state index in [9.17, 15) is 9.59 Å². The van der Waals surface area contributed by atoms with Crippen LogP contribution in [0.3, 0.4) is 0 Å². The molecule has 0 bridgehead atoms. The summed E-state index contributed by atoms with van der Waals surface area (Å²) in [6, 6.07) is 0. The summed E-state index contributed by atoms with van der Waals surface area (Å²) in [6.07, 6.45) is 8.20. The van der Waals surface area contributed by atoms with Crippen LogP contribution in [0.1, 0.15) is 97.9 Å². The number of aromatic nitrogens is 2. The summed E-state index contributed by atoms with van der Waals surface area (Å²) in [6.45, 7) is 14.7. The Hall–Kier alpha value is -2.95. The first-order chi connectivity index (χ1) is 21.9. The van der Waals surface area contributed by atoms with Crippen LogP contribution >= 0.6 is 45.6 Å². The van der Waals surface area contributed by atoms with Gasteiger partial charge in [0.15, 0.2) is 0 Å². The van der Waals surface area contributed by atoms with Crippen molar-refractivity contribution in [3.63, 3.8) is 0 Å². The van der Waals surface area contributed by atoms with Crippen molar-refractivity contribution in [1.82, 2.24) is 9.97 Å². The number of hydrogen-bond acceptors (Lipinski definition) is 6. The Morgan fingerprint density at radius 2 is 1.23 bits per heavy atom. The predicted molar refractivity (Wildman–Crippen MR) is 208 cm³/mol. The van der Waals surface area contributed by atoms with Crippen molar-refractivity contribution < 1.29 is 19.1 Å². The second-order valence-electron chi connectivity index (χ2n) is 12.0. The number of aromatic amines is 2. The van der Waals surface area contributed by atoms with Crippen LogP contribution in [0.25, 0.3) is 12.2 Å². The average molecular weight is 809 g/mol. The molecule has 0 atom stereocenters. The molecule has 11 heteroatoms. The van der Waals surface area contributed by atoms with Crippen molar-refractivity contribution in [1.29, 1.82) is 0 Å². The molecule has 0 unspecified atom stereocenters. The lowest BCUT2D eigenvalue weighted by molar-refractivity contribution is -0.141. The first-order valence-corrected chi connectivity index (χ1v) is 16.5. The molecule has 0 spiro atoms. The number of H-pyrrole nitrogens is 2. The van der Waals surface area contributed by atoms with Crippen molar-refractivity contribution >= 4 is 81.1 Å². The normalized spacial score (nSPS) is 16.0. The fraction of sp³-hybridized carbons (Fsp3) is 0.459. The number of alkyl halides is 1. The molecule has 48 heavy (non-hydrogen) atoms. The van der Waals surface area contributed by atoms with Gasteiger partial charge in [-0.1, -0.05) is 6.92 Å². The minimum Gasteiger partial charge on any atom is -0.469 e. The third-order valence-corrected chi connectivity index (χ3v) is 9.55. The van der Waals surface area contributed by atoms with Gasteiger partial charge in [0, 0.05) is 47.9 Å². The Bertz CT molecular complexity index is 1740. The van der Waals surface area contributed by atoms with E-state index in [1.54, 1.807) is 0 Å². The smallest absolute Gasteiger partial charge is 0.305 e. The monoisotopic (exact) mass is 806 g/mol. The molecule has 4 heterocycles. The molecule has 0 fully saturated rings. The number of ether oxygens (including phenoxy) is 2. The highest BCUT2D eigenvalue weighted by atomic mass is 79.9. The predicted octanol–water partition coefficient (Wildman–Crippen LogP) is 9.30. The number of aryl methyl sites for hydroxylation is 2. The maximum absolute atomic E-state index is 12.1. The van der Waals surface area contributed by atoms with E-state index >= 15 is 0 Å². The number of carbonyl (C=O) groups is 2. The molecule has 262 valence electrons. The summed E-state index contributed by atoms with van der Waals surface area (Å²) < 4.78 is 9.80. The van der Waals surface area contributed by atoms with Crippen LogP contribution in [-0.4, -0.2) is 53.4 Å². The second kappa shape index (κ2) is 18.2. The van der Waals surface area contributed by atoms with Gasteiger partial charge in [0.2, 0.25) is 0 Å². The second-order valence-corrected chi connectivity index (χ2v) is 12.4. The Kier molecular flexibility index (Phi) is 15.6. The van der Waals surface area contributed by atoms with Gasteiger partial charge >= 0.3 is 11.9 Å². The van der Waals surface area contributed by atoms with E-state index in [0.29, 0.717) is 38.0 Å². The van der Waals surface area contributed by atoms with E-state index in [4.69, 9.17) is 31.1 Å². The van der Waals surface area contributed by atoms with Gasteiger partial charge in [-0.05, 0) is 124 Å². The Labute approximate surface area is 310 Å². The molecule has 0 radical (unpaired) electrons. The van der Waals surface area contributed by atoms with Gasteiger partial charge in [0.05, 0.1) is 37.0 Å². The van der Waals surface area contributed by atoms with Gasteiger partial charge < -0.3 is 19.4 Å². The molecule has 2 aromatic heterocycles. The molecule has 4 rings (SSSR count). The number of methoxy groups -OCH3 is 2. The van der Waals surface area contributed by atoms with Crippen molar-refractivity contribution in [2.24, 2.45) is 9.98 Å². The van der Waals surface area contributed by atoms with E-state index < -0.39 is 0 Å². The first-order valence-electron chi connectivity index (χ1n) is 16.0. The summed E-state index contributed by atoms with van der Waals surface area (Å²) in [4.78, 5) is 41.2. The maximum atomic E-state index is 12.1. The third-order valence-electron chi connectivity index (χ3n) is 9.36. The van der Waals surface area contributed by atoms with E-state index in [-0.39, 0.29) is 52.3 Å². The molecule has 2 aliphatic heterocycles. The topological polar surface area (TPSA) is 109 Å². The van der Waals surface area contributed by atoms with Gasteiger partial charge in [0.1, 0.15) is 0 Å². The lowest BCUT2D eigenvalue weighted by Crippen LogP contribution is -2.10. The fourth-order valence-corrected chi connectivity index (χ4v) is 6.75. The first kappa shape index (κ1) is 41.2. The van der Waals surface area contributed by atoms with Crippen LogP contribution in [0.2, 0.25) is 0 Å². The summed E-state index contributed by atoms with van der Waals surface area (Å²) in [5.74, 6) is 0.0256. The molecule has 2 N–H and O–H groups in total. The van der Waals surface area contributed by atoms with Crippen LogP contribution < -0.4 is 0 Å². The maximum Gasteiger partial charge on any atom is 0.305 e. The van der Waals surface area contributed by atoms with Crippen LogP contribution in [0, 0.1) is 27.7 Å². The van der Waals surface area contributed by atoms with Crippen LogP contribution in [0.5, 0.6) is 0 Å². The molecule has 0 saturated carbocycles. The number of carbonyl (C=O) groups excluding carboxylic acids is 2. The molecule has 0 aliphatic carbocycles. The zero-order chi connectivity index (χ0) is 33.7. The molecular weight excluding hydrogens is 760 g/mol. The van der Waals surface area contributed by atoms with Crippen molar-refractivity contribution in [3.8, 4) is 0 Å². The molecule has 0 amide bonds. The van der Waals surface area contributed by atoms with Crippen LogP contribution in [-0.2, 0) is 31.9 Å². The fourth-order valence-electron chi connectivity index (χ4n) is 6.57. The lowest BCUT2D eigenvalue weighted by atomic mass is 9.95. The number of halogens is 3. The zero-order valence-corrected chi connectivity index (χ0v) is 33.7. The number of esters is 2.